The van der Waals surface area contributed by atoms with Gasteiger partial charge < -0.3 is 4.57 Å². The molecule has 1 fully saturated rings. The first-order valence-electron chi connectivity index (χ1n) is 19.3. The summed E-state index contributed by atoms with van der Waals surface area (Å²) in [7, 11) is 0. The lowest BCUT2D eigenvalue weighted by atomic mass is 9.89. The van der Waals surface area contributed by atoms with Crippen molar-refractivity contribution in [1.29, 1.82) is 0 Å². The zero-order valence-electron chi connectivity index (χ0n) is 31.2. The van der Waals surface area contributed by atoms with E-state index in [0.29, 0.717) is 0 Å². The van der Waals surface area contributed by atoms with Crippen LogP contribution in [0.5, 0.6) is 0 Å². The molecule has 0 bridgehead atoms. The first-order valence-corrected chi connectivity index (χ1v) is 19.3. The number of hydrogen-bond acceptors (Lipinski definition) is 1. The Balaban J connectivity index is 0.000000452. The zero-order valence-corrected chi connectivity index (χ0v) is 31.2. The molecule has 2 heteroatoms. The fraction of sp³-hybridized carbons (Fsp3) is 0.447. The van der Waals surface area contributed by atoms with Gasteiger partial charge >= 0.3 is 0 Å². The summed E-state index contributed by atoms with van der Waals surface area (Å²) >= 11 is 0. The summed E-state index contributed by atoms with van der Waals surface area (Å²) < 4.78 is 2.31. The van der Waals surface area contributed by atoms with Gasteiger partial charge in [0.05, 0.1) is 0 Å². The molecule has 0 amide bonds. The molecule has 0 radical (unpaired) electrons. The standard InChI is InChI=1S/C38H48N2.C9H14/c1-29-14-7-8-17-35(29)26-34-15-6-5-12-23-39(25-22-34)28-36-27-33(21-20-30(36)2)16-11-13-24-40-31(3)37-18-9-10-19-38(37)32(40)4;1-3-9-7-5-4-6-8(9)2/h7-10,14,17-21,27,34H,3-6,11-13,15-16,22-26,28H2,1-2H3;4,6H,3,5,7H2,1-2H3. The van der Waals surface area contributed by atoms with E-state index in [1.807, 2.05) is 0 Å². The molecule has 0 saturated carbocycles. The molecular weight excluding hydrogens is 593 g/mol. The van der Waals surface area contributed by atoms with E-state index >= 15 is 0 Å². The van der Waals surface area contributed by atoms with Crippen LogP contribution >= 0.6 is 0 Å². The van der Waals surface area contributed by atoms with Gasteiger partial charge in [-0.3, -0.25) is 4.90 Å². The molecule has 3 aromatic carbocycles. The Morgan fingerprint density at radius 1 is 0.755 bits per heavy atom. The third-order valence-electron chi connectivity index (χ3n) is 11.3. The lowest BCUT2D eigenvalue weighted by Gasteiger charge is -2.25. The van der Waals surface area contributed by atoms with Crippen molar-refractivity contribution in [2.24, 2.45) is 5.92 Å². The van der Waals surface area contributed by atoms with Crippen LogP contribution in [0.1, 0.15) is 106 Å². The fourth-order valence-corrected chi connectivity index (χ4v) is 7.97. The molecule has 1 unspecified atom stereocenters. The van der Waals surface area contributed by atoms with Crippen LogP contribution in [0, 0.1) is 19.8 Å². The second kappa shape index (κ2) is 18.4. The van der Waals surface area contributed by atoms with Gasteiger partial charge in [-0.15, -0.1) is 0 Å². The second-order valence-corrected chi connectivity index (χ2v) is 14.8. The summed E-state index contributed by atoms with van der Waals surface area (Å²) in [6.45, 7) is 22.2. The number of rotatable bonds is 10. The van der Waals surface area contributed by atoms with Gasteiger partial charge in [-0.25, -0.2) is 0 Å². The van der Waals surface area contributed by atoms with Crippen LogP contribution in [0.3, 0.4) is 0 Å². The van der Waals surface area contributed by atoms with Gasteiger partial charge in [-0.1, -0.05) is 129 Å². The summed E-state index contributed by atoms with van der Waals surface area (Å²) in [5.74, 6) is 0.796. The van der Waals surface area contributed by atoms with Gasteiger partial charge in [0.25, 0.3) is 0 Å². The summed E-state index contributed by atoms with van der Waals surface area (Å²) in [4.78, 5) is 2.74. The van der Waals surface area contributed by atoms with E-state index in [1.165, 1.54) is 116 Å². The number of aryl methyl sites for hydroxylation is 3. The fourth-order valence-electron chi connectivity index (χ4n) is 7.97. The molecule has 2 aliphatic rings. The van der Waals surface area contributed by atoms with E-state index in [4.69, 9.17) is 0 Å². The maximum absolute atomic E-state index is 4.35. The van der Waals surface area contributed by atoms with Gasteiger partial charge in [0.2, 0.25) is 0 Å². The molecule has 1 aromatic heterocycles. The van der Waals surface area contributed by atoms with Crippen LogP contribution in [0.2, 0.25) is 0 Å². The van der Waals surface area contributed by atoms with Crippen LogP contribution in [0.4, 0.5) is 0 Å². The van der Waals surface area contributed by atoms with Crippen molar-refractivity contribution in [1.82, 2.24) is 9.47 Å². The molecule has 49 heavy (non-hydrogen) atoms. The van der Waals surface area contributed by atoms with Gasteiger partial charge in [-0.05, 0) is 125 Å². The average Bonchev–Trinajstić information content (AvgIpc) is 3.41. The van der Waals surface area contributed by atoms with E-state index in [2.05, 4.69) is 129 Å². The largest absolute Gasteiger partial charge is 0.341 e. The molecule has 2 nitrogen and oxygen atoms in total. The van der Waals surface area contributed by atoms with E-state index in [1.54, 1.807) is 11.1 Å². The maximum Gasteiger partial charge on any atom is 0.0418 e. The van der Waals surface area contributed by atoms with Gasteiger partial charge in [0, 0.05) is 34.6 Å². The van der Waals surface area contributed by atoms with E-state index in [-0.39, 0.29) is 0 Å². The van der Waals surface area contributed by atoms with Crippen molar-refractivity contribution < 1.29 is 0 Å². The smallest absolute Gasteiger partial charge is 0.0418 e. The molecular formula is C47H62N2. The average molecular weight is 655 g/mol. The van der Waals surface area contributed by atoms with Crippen molar-refractivity contribution in [3.05, 3.63) is 129 Å². The normalized spacial score (nSPS) is 17.3. The molecule has 4 aromatic rings. The van der Waals surface area contributed by atoms with Crippen molar-refractivity contribution in [2.45, 2.75) is 118 Å². The molecule has 0 spiro atoms. The highest BCUT2D eigenvalue weighted by molar-refractivity contribution is 5.83. The number of allylic oxidation sites excluding steroid dienone is 4. The summed E-state index contributed by atoms with van der Waals surface area (Å²) in [5, 5.41) is 4.67. The maximum atomic E-state index is 4.35. The Labute approximate surface area is 297 Å². The number of nitrogens with zero attached hydrogens (tertiary/aromatic N) is 2. The predicted molar refractivity (Wildman–Crippen MR) is 214 cm³/mol. The molecule has 2 heterocycles. The summed E-state index contributed by atoms with van der Waals surface area (Å²) in [6.07, 6.45) is 19.7. The molecule has 0 N–H and O–H groups in total. The van der Waals surface area contributed by atoms with Crippen molar-refractivity contribution in [2.75, 3.05) is 13.1 Å². The predicted octanol–water partition coefficient (Wildman–Crippen LogP) is 10.8. The minimum absolute atomic E-state index is 0.796. The number of aromatic nitrogens is 1. The highest BCUT2D eigenvalue weighted by Crippen LogP contribution is 2.25. The second-order valence-electron chi connectivity index (χ2n) is 14.8. The minimum Gasteiger partial charge on any atom is -0.341 e. The molecule has 260 valence electrons. The van der Waals surface area contributed by atoms with Crippen LogP contribution in [-0.2, 0) is 25.9 Å². The van der Waals surface area contributed by atoms with Crippen LogP contribution in [0.15, 0.2) is 90.0 Å². The topological polar surface area (TPSA) is 8.17 Å². The Kier molecular flexibility index (Phi) is 13.8. The third kappa shape index (κ3) is 10.2. The van der Waals surface area contributed by atoms with E-state index in [9.17, 15) is 0 Å². The molecule has 6 rings (SSSR count). The highest BCUT2D eigenvalue weighted by atomic mass is 15.1. The van der Waals surface area contributed by atoms with Crippen LogP contribution in [0.25, 0.3) is 23.9 Å². The Bertz CT molecular complexity index is 1770. The summed E-state index contributed by atoms with van der Waals surface area (Å²) in [5.41, 5.74) is 10.6. The first kappa shape index (κ1) is 36.7. The lowest BCUT2D eigenvalue weighted by Crippen LogP contribution is -2.27. The summed E-state index contributed by atoms with van der Waals surface area (Å²) in [6, 6.07) is 24.7. The van der Waals surface area contributed by atoms with E-state index in [0.717, 1.165) is 42.5 Å². The molecule has 1 saturated heterocycles. The Morgan fingerprint density at radius 2 is 1.49 bits per heavy atom. The molecule has 1 aliphatic carbocycles. The first-order chi connectivity index (χ1) is 23.8. The highest BCUT2D eigenvalue weighted by Gasteiger charge is 2.17. The van der Waals surface area contributed by atoms with Crippen molar-refractivity contribution >= 4 is 23.9 Å². The van der Waals surface area contributed by atoms with Crippen LogP contribution < -0.4 is 10.7 Å². The van der Waals surface area contributed by atoms with E-state index < -0.39 is 0 Å². The number of benzene rings is 3. The molecule has 1 aliphatic heterocycles. The molecule has 1 atom stereocenters. The number of unbranched alkanes of at least 4 members (excludes halogenated alkanes) is 1. The number of hydrogen-bond donors (Lipinski definition) is 0. The third-order valence-corrected chi connectivity index (χ3v) is 11.3. The van der Waals surface area contributed by atoms with Crippen molar-refractivity contribution in [3.63, 3.8) is 0 Å². The van der Waals surface area contributed by atoms with Crippen LogP contribution in [-0.4, -0.2) is 22.6 Å². The monoisotopic (exact) mass is 654 g/mol. The lowest BCUT2D eigenvalue weighted by molar-refractivity contribution is 0.246. The number of fused-ring (bicyclic) bond motifs is 1. The Hall–Kier alpha value is -3.62. The zero-order chi connectivity index (χ0) is 34.6. The SMILES string of the molecule is C=c1c2ccccc2c(=C)n1CCCCc1ccc(C)c(CN2CCCCCC(Cc3ccccc3C)CC2)c1.CCC1=C(C)C=CCC1. The minimum atomic E-state index is 0.796. The van der Waals surface area contributed by atoms with Gasteiger partial charge in [0.15, 0.2) is 0 Å². The van der Waals surface area contributed by atoms with Gasteiger partial charge in [-0.2, -0.15) is 0 Å². The quantitative estimate of drug-likeness (QED) is 0.155. The van der Waals surface area contributed by atoms with Crippen molar-refractivity contribution in [3.8, 4) is 0 Å². The van der Waals surface area contributed by atoms with Gasteiger partial charge in [0.1, 0.15) is 0 Å². The Morgan fingerprint density at radius 3 is 2.20 bits per heavy atom.